The molecule has 6 heteroatoms. The molecule has 0 radical (unpaired) electrons. The number of aromatic nitrogens is 2. The second-order valence-corrected chi connectivity index (χ2v) is 4.73. The predicted molar refractivity (Wildman–Crippen MR) is 72.0 cm³/mol. The van der Waals surface area contributed by atoms with Crippen LogP contribution in [0.15, 0.2) is 35.4 Å². The van der Waals surface area contributed by atoms with Crippen molar-refractivity contribution in [3.8, 4) is 0 Å². The molecular weight excluding hydrogens is 259 g/mol. The molecule has 1 fully saturated rings. The van der Waals surface area contributed by atoms with Gasteiger partial charge in [-0.1, -0.05) is 12.1 Å². The molecule has 1 heterocycles. The van der Waals surface area contributed by atoms with Crippen molar-refractivity contribution in [2.75, 3.05) is 0 Å². The highest BCUT2D eigenvalue weighted by atomic mass is 19.1. The summed E-state index contributed by atoms with van der Waals surface area (Å²) >= 11 is 0. The number of benzene rings is 1. The van der Waals surface area contributed by atoms with Crippen LogP contribution in [0.25, 0.3) is 0 Å². The summed E-state index contributed by atoms with van der Waals surface area (Å²) < 4.78 is 12.7. The third kappa shape index (κ3) is 2.90. The number of amides is 1. The maximum atomic E-state index is 12.7. The fraction of sp³-hybridized carbons (Fsp3) is 0.214. The Kier molecular flexibility index (Phi) is 3.28. The van der Waals surface area contributed by atoms with Gasteiger partial charge in [0.15, 0.2) is 5.69 Å². The van der Waals surface area contributed by atoms with E-state index in [2.05, 4.69) is 20.7 Å². The molecule has 0 aliphatic heterocycles. The molecule has 1 aromatic heterocycles. The number of rotatable bonds is 4. The number of carbonyl (C=O) groups excluding carboxylic acids is 1. The highest BCUT2D eigenvalue weighted by Gasteiger charge is 2.26. The summed E-state index contributed by atoms with van der Waals surface area (Å²) in [5.74, 6) is -0.159. The van der Waals surface area contributed by atoms with E-state index in [1.54, 1.807) is 18.2 Å². The Labute approximate surface area is 114 Å². The summed E-state index contributed by atoms with van der Waals surface area (Å²) in [5, 5.41) is 10.6. The van der Waals surface area contributed by atoms with Crippen molar-refractivity contribution in [3.05, 3.63) is 53.1 Å². The normalized spacial score (nSPS) is 14.7. The molecule has 102 valence electrons. The van der Waals surface area contributed by atoms with E-state index >= 15 is 0 Å². The predicted octanol–water partition coefficient (Wildman–Crippen LogP) is 2.19. The van der Waals surface area contributed by atoms with Crippen LogP contribution in [0.2, 0.25) is 0 Å². The van der Waals surface area contributed by atoms with Gasteiger partial charge in [-0.15, -0.1) is 0 Å². The van der Waals surface area contributed by atoms with Gasteiger partial charge in [0.05, 0.1) is 6.21 Å². The highest BCUT2D eigenvalue weighted by Crippen LogP contribution is 2.38. The molecule has 0 saturated heterocycles. The number of hydrogen-bond donors (Lipinski definition) is 2. The molecular formula is C14H13FN4O. The Balaban J connectivity index is 1.59. The minimum atomic E-state index is -0.369. The van der Waals surface area contributed by atoms with E-state index in [0.717, 1.165) is 18.5 Å². The third-order valence-electron chi connectivity index (χ3n) is 3.10. The number of H-pyrrole nitrogens is 1. The van der Waals surface area contributed by atoms with Gasteiger partial charge < -0.3 is 0 Å². The van der Waals surface area contributed by atoms with Gasteiger partial charge in [0.1, 0.15) is 5.82 Å². The van der Waals surface area contributed by atoms with Crippen molar-refractivity contribution in [1.29, 1.82) is 0 Å². The molecule has 1 aliphatic rings. The van der Waals surface area contributed by atoms with Crippen LogP contribution in [-0.4, -0.2) is 22.3 Å². The second kappa shape index (κ2) is 5.24. The van der Waals surface area contributed by atoms with Gasteiger partial charge in [-0.05, 0) is 36.6 Å². The Morgan fingerprint density at radius 2 is 2.15 bits per heavy atom. The fourth-order valence-electron chi connectivity index (χ4n) is 1.83. The molecule has 3 rings (SSSR count). The smallest absolute Gasteiger partial charge is 0.281 e. The average Bonchev–Trinajstić information content (AvgIpc) is 3.18. The van der Waals surface area contributed by atoms with Crippen molar-refractivity contribution in [3.63, 3.8) is 0 Å². The van der Waals surface area contributed by atoms with E-state index in [9.17, 15) is 9.18 Å². The van der Waals surface area contributed by atoms with Crippen molar-refractivity contribution >= 4 is 12.1 Å². The van der Waals surface area contributed by atoms with Crippen molar-refractivity contribution in [2.45, 2.75) is 18.8 Å². The van der Waals surface area contributed by atoms with E-state index in [-0.39, 0.29) is 11.7 Å². The average molecular weight is 272 g/mol. The zero-order valence-electron chi connectivity index (χ0n) is 10.6. The number of hydrazone groups is 1. The van der Waals surface area contributed by atoms with Crippen LogP contribution in [0, 0.1) is 5.82 Å². The number of carbonyl (C=O) groups is 1. The monoisotopic (exact) mass is 272 g/mol. The van der Waals surface area contributed by atoms with Gasteiger partial charge in [0.25, 0.3) is 5.91 Å². The summed E-state index contributed by atoms with van der Waals surface area (Å²) in [5.41, 5.74) is 4.41. The van der Waals surface area contributed by atoms with Crippen molar-refractivity contribution < 1.29 is 9.18 Å². The van der Waals surface area contributed by atoms with E-state index in [4.69, 9.17) is 0 Å². The largest absolute Gasteiger partial charge is 0.291 e. The molecule has 1 aliphatic carbocycles. The van der Waals surface area contributed by atoms with Crippen LogP contribution >= 0.6 is 0 Å². The van der Waals surface area contributed by atoms with E-state index < -0.39 is 0 Å². The standard InChI is InChI=1S/C14H13FN4O/c15-11-5-1-9(2-6-11)8-16-19-14(20)13-7-12(17-18-13)10-3-4-10/h1-2,5-8,10H,3-4H2,(H,17,18)(H,19,20)/b16-8+. The molecule has 0 bridgehead atoms. The van der Waals surface area contributed by atoms with Crippen molar-refractivity contribution in [2.24, 2.45) is 5.10 Å². The van der Waals surface area contributed by atoms with Gasteiger partial charge >= 0.3 is 0 Å². The number of halogens is 1. The van der Waals surface area contributed by atoms with Crippen LogP contribution in [-0.2, 0) is 0 Å². The number of hydrogen-bond acceptors (Lipinski definition) is 3. The van der Waals surface area contributed by atoms with Crippen LogP contribution in [0.3, 0.4) is 0 Å². The van der Waals surface area contributed by atoms with Gasteiger partial charge in [0.2, 0.25) is 0 Å². The van der Waals surface area contributed by atoms with Crippen LogP contribution < -0.4 is 5.43 Å². The first-order chi connectivity index (χ1) is 9.72. The van der Waals surface area contributed by atoms with Crippen LogP contribution in [0.1, 0.15) is 40.5 Å². The highest BCUT2D eigenvalue weighted by molar-refractivity contribution is 5.93. The first-order valence-corrected chi connectivity index (χ1v) is 6.36. The zero-order chi connectivity index (χ0) is 13.9. The van der Waals surface area contributed by atoms with Crippen LogP contribution in [0.5, 0.6) is 0 Å². The summed E-state index contributed by atoms with van der Waals surface area (Å²) in [7, 11) is 0. The van der Waals surface area contributed by atoms with E-state index in [1.165, 1.54) is 18.3 Å². The summed E-state index contributed by atoms with van der Waals surface area (Å²) in [4.78, 5) is 11.8. The maximum Gasteiger partial charge on any atom is 0.291 e. The minimum Gasteiger partial charge on any atom is -0.281 e. The minimum absolute atomic E-state index is 0.310. The quantitative estimate of drug-likeness (QED) is 0.661. The Morgan fingerprint density at radius 3 is 2.85 bits per heavy atom. The molecule has 1 aromatic carbocycles. The molecule has 5 nitrogen and oxygen atoms in total. The fourth-order valence-corrected chi connectivity index (χ4v) is 1.83. The first-order valence-electron chi connectivity index (χ1n) is 6.36. The number of aromatic amines is 1. The SMILES string of the molecule is O=C(N/N=C/c1ccc(F)cc1)c1cc(C2CC2)[nH]n1. The topological polar surface area (TPSA) is 70.1 Å². The maximum absolute atomic E-state index is 12.7. The van der Waals surface area contributed by atoms with Gasteiger partial charge in [-0.2, -0.15) is 10.2 Å². The Morgan fingerprint density at radius 1 is 1.40 bits per heavy atom. The molecule has 0 spiro atoms. The Hall–Kier alpha value is -2.50. The summed E-state index contributed by atoms with van der Waals surface area (Å²) in [6, 6.07) is 7.56. The molecule has 1 saturated carbocycles. The number of nitrogens with zero attached hydrogens (tertiary/aromatic N) is 2. The molecule has 20 heavy (non-hydrogen) atoms. The summed E-state index contributed by atoms with van der Waals surface area (Å²) in [6.07, 6.45) is 3.74. The van der Waals surface area contributed by atoms with E-state index in [1.807, 2.05) is 0 Å². The lowest BCUT2D eigenvalue weighted by Crippen LogP contribution is -2.18. The van der Waals surface area contributed by atoms with Gasteiger partial charge in [-0.25, -0.2) is 9.82 Å². The molecule has 0 atom stereocenters. The molecule has 1 amide bonds. The lowest BCUT2D eigenvalue weighted by molar-refractivity contribution is 0.0950. The first kappa shape index (κ1) is 12.5. The second-order valence-electron chi connectivity index (χ2n) is 4.73. The van der Waals surface area contributed by atoms with Crippen molar-refractivity contribution in [1.82, 2.24) is 15.6 Å². The number of nitrogens with one attached hydrogen (secondary N) is 2. The molecule has 2 aromatic rings. The van der Waals surface area contributed by atoms with E-state index in [0.29, 0.717) is 17.2 Å². The molecule has 0 unspecified atom stereocenters. The third-order valence-corrected chi connectivity index (χ3v) is 3.10. The zero-order valence-corrected chi connectivity index (χ0v) is 10.6. The Bertz CT molecular complexity index is 643. The lowest BCUT2D eigenvalue weighted by Gasteiger charge is -1.95. The summed E-state index contributed by atoms with van der Waals surface area (Å²) in [6.45, 7) is 0. The van der Waals surface area contributed by atoms with Gasteiger partial charge in [0, 0.05) is 11.6 Å². The molecule has 2 N–H and O–H groups in total. The lowest BCUT2D eigenvalue weighted by atomic mass is 10.2. The van der Waals surface area contributed by atoms with Gasteiger partial charge in [-0.3, -0.25) is 9.89 Å². The van der Waals surface area contributed by atoms with Crippen LogP contribution in [0.4, 0.5) is 4.39 Å².